The molecule has 2 atom stereocenters. The summed E-state index contributed by atoms with van der Waals surface area (Å²) < 4.78 is 5.55. The van der Waals surface area contributed by atoms with Crippen molar-refractivity contribution in [1.29, 1.82) is 0 Å². The van der Waals surface area contributed by atoms with E-state index < -0.39 is 0 Å². The van der Waals surface area contributed by atoms with Gasteiger partial charge in [0.25, 0.3) is 0 Å². The number of piperidine rings is 1. The molecule has 0 aliphatic carbocycles. The van der Waals surface area contributed by atoms with Gasteiger partial charge in [-0.2, -0.15) is 0 Å². The highest BCUT2D eigenvalue weighted by molar-refractivity contribution is 5.04. The molecule has 0 aromatic carbocycles. The first-order valence-corrected chi connectivity index (χ1v) is 6.82. The van der Waals surface area contributed by atoms with E-state index >= 15 is 0 Å². The molecular weight excluding hydrogens is 212 g/mol. The van der Waals surface area contributed by atoms with Gasteiger partial charge in [-0.3, -0.25) is 4.90 Å². The first-order valence-electron chi connectivity index (χ1n) is 6.82. The van der Waals surface area contributed by atoms with Crippen molar-refractivity contribution in [1.82, 2.24) is 10.2 Å². The van der Waals surface area contributed by atoms with E-state index in [0.29, 0.717) is 12.1 Å². The largest absolute Gasteiger partial charge is 0.468 e. The van der Waals surface area contributed by atoms with Crippen LogP contribution in [0.3, 0.4) is 0 Å². The lowest BCUT2D eigenvalue weighted by Gasteiger charge is -2.37. The molecule has 1 aliphatic heterocycles. The minimum Gasteiger partial charge on any atom is -0.468 e. The average Bonchev–Trinajstić information content (AvgIpc) is 2.90. The lowest BCUT2D eigenvalue weighted by molar-refractivity contribution is 0.108. The first kappa shape index (κ1) is 12.7. The minimum absolute atomic E-state index is 0.384. The molecule has 0 radical (unpaired) electrons. The van der Waals surface area contributed by atoms with E-state index in [9.17, 15) is 0 Å². The van der Waals surface area contributed by atoms with Crippen LogP contribution in [0.15, 0.2) is 22.8 Å². The third-order valence-electron chi connectivity index (χ3n) is 3.67. The van der Waals surface area contributed by atoms with Gasteiger partial charge < -0.3 is 9.73 Å². The van der Waals surface area contributed by atoms with E-state index in [1.54, 1.807) is 6.26 Å². The molecule has 1 aromatic rings. The van der Waals surface area contributed by atoms with E-state index in [0.717, 1.165) is 18.8 Å². The summed E-state index contributed by atoms with van der Waals surface area (Å²) in [6.45, 7) is 7.94. The molecule has 1 fully saturated rings. The van der Waals surface area contributed by atoms with Gasteiger partial charge in [0.2, 0.25) is 0 Å². The van der Waals surface area contributed by atoms with Crippen LogP contribution in [0.2, 0.25) is 0 Å². The van der Waals surface area contributed by atoms with Gasteiger partial charge in [0.15, 0.2) is 0 Å². The molecule has 0 amide bonds. The van der Waals surface area contributed by atoms with Gasteiger partial charge in [0.05, 0.1) is 12.3 Å². The molecule has 2 unspecified atom stereocenters. The third kappa shape index (κ3) is 3.11. The van der Waals surface area contributed by atoms with Crippen LogP contribution < -0.4 is 5.32 Å². The normalized spacial score (nSPS) is 22.9. The Morgan fingerprint density at radius 3 is 3.06 bits per heavy atom. The van der Waals surface area contributed by atoms with Gasteiger partial charge in [-0.15, -0.1) is 0 Å². The van der Waals surface area contributed by atoms with Gasteiger partial charge in [0.1, 0.15) is 5.76 Å². The van der Waals surface area contributed by atoms with Crippen LogP contribution in [0, 0.1) is 0 Å². The Balaban J connectivity index is 2.04. The smallest absolute Gasteiger partial charge is 0.120 e. The maximum atomic E-state index is 5.55. The lowest BCUT2D eigenvalue weighted by atomic mass is 10.0. The topological polar surface area (TPSA) is 28.4 Å². The van der Waals surface area contributed by atoms with E-state index in [1.165, 1.54) is 25.8 Å². The zero-order valence-corrected chi connectivity index (χ0v) is 11.0. The Morgan fingerprint density at radius 1 is 1.59 bits per heavy atom. The summed E-state index contributed by atoms with van der Waals surface area (Å²) in [5.41, 5.74) is 0. The summed E-state index contributed by atoms with van der Waals surface area (Å²) in [6.07, 6.45) is 5.56. The van der Waals surface area contributed by atoms with Crippen LogP contribution in [0.1, 0.15) is 44.9 Å². The van der Waals surface area contributed by atoms with E-state index in [4.69, 9.17) is 4.42 Å². The fourth-order valence-electron chi connectivity index (χ4n) is 2.76. The lowest BCUT2D eigenvalue weighted by Crippen LogP contribution is -2.47. The maximum Gasteiger partial charge on any atom is 0.120 e. The van der Waals surface area contributed by atoms with Gasteiger partial charge in [-0.25, -0.2) is 0 Å². The highest BCUT2D eigenvalue weighted by Crippen LogP contribution is 2.25. The predicted molar refractivity (Wildman–Crippen MR) is 70.0 cm³/mol. The van der Waals surface area contributed by atoms with Crippen molar-refractivity contribution in [2.75, 3.05) is 19.6 Å². The molecule has 0 saturated carbocycles. The molecule has 1 aliphatic rings. The predicted octanol–water partition coefficient (Wildman–Crippen LogP) is 2.80. The molecule has 1 N–H and O–H groups in total. The summed E-state index contributed by atoms with van der Waals surface area (Å²) in [6, 6.07) is 5.11. The Labute approximate surface area is 104 Å². The molecule has 1 aromatic heterocycles. The number of hydrogen-bond acceptors (Lipinski definition) is 3. The third-order valence-corrected chi connectivity index (χ3v) is 3.67. The van der Waals surface area contributed by atoms with Crippen molar-refractivity contribution in [3.05, 3.63) is 24.2 Å². The molecule has 17 heavy (non-hydrogen) atoms. The number of rotatable bonds is 5. The Bertz CT molecular complexity index is 304. The van der Waals surface area contributed by atoms with Crippen molar-refractivity contribution < 1.29 is 4.42 Å². The second kappa shape index (κ2) is 6.22. The van der Waals surface area contributed by atoms with Crippen LogP contribution in [-0.4, -0.2) is 30.6 Å². The maximum absolute atomic E-state index is 5.55. The van der Waals surface area contributed by atoms with Gasteiger partial charge in [-0.05, 0) is 51.4 Å². The fraction of sp³-hybridized carbons (Fsp3) is 0.714. The molecule has 2 heterocycles. The molecular formula is C14H24N2O. The summed E-state index contributed by atoms with van der Waals surface area (Å²) in [5, 5.41) is 3.50. The number of hydrogen-bond donors (Lipinski definition) is 1. The van der Waals surface area contributed by atoms with Crippen LogP contribution >= 0.6 is 0 Å². The van der Waals surface area contributed by atoms with Gasteiger partial charge in [-0.1, -0.05) is 6.92 Å². The molecule has 0 spiro atoms. The van der Waals surface area contributed by atoms with Crippen LogP contribution in [0.5, 0.6) is 0 Å². The van der Waals surface area contributed by atoms with E-state index in [2.05, 4.69) is 30.1 Å². The molecule has 3 nitrogen and oxygen atoms in total. The van der Waals surface area contributed by atoms with Crippen LogP contribution in [0.4, 0.5) is 0 Å². The minimum atomic E-state index is 0.384. The Hall–Kier alpha value is -0.800. The molecule has 1 saturated heterocycles. The molecule has 3 heteroatoms. The molecule has 0 bridgehead atoms. The van der Waals surface area contributed by atoms with E-state index in [1.807, 2.05) is 6.07 Å². The SMILES string of the molecule is CCCN(C1CCCNC1)C(C)c1ccco1. The van der Waals surface area contributed by atoms with Crippen molar-refractivity contribution in [3.8, 4) is 0 Å². The van der Waals surface area contributed by atoms with E-state index in [-0.39, 0.29) is 0 Å². The Morgan fingerprint density at radius 2 is 2.47 bits per heavy atom. The zero-order chi connectivity index (χ0) is 12.1. The standard InChI is InChI=1S/C14H24N2O/c1-3-9-16(13-6-4-8-15-11-13)12(2)14-7-5-10-17-14/h5,7,10,12-13,15H,3-4,6,8-9,11H2,1-2H3. The summed E-state index contributed by atoms with van der Waals surface area (Å²) >= 11 is 0. The van der Waals surface area contributed by atoms with Gasteiger partial charge in [0, 0.05) is 12.6 Å². The second-order valence-corrected chi connectivity index (χ2v) is 4.93. The van der Waals surface area contributed by atoms with Crippen molar-refractivity contribution in [2.45, 2.75) is 45.2 Å². The molecule has 96 valence electrons. The van der Waals surface area contributed by atoms with Crippen molar-refractivity contribution in [2.24, 2.45) is 0 Å². The van der Waals surface area contributed by atoms with Crippen molar-refractivity contribution in [3.63, 3.8) is 0 Å². The summed E-state index contributed by atoms with van der Waals surface area (Å²) in [5.74, 6) is 1.09. The monoisotopic (exact) mass is 236 g/mol. The fourth-order valence-corrected chi connectivity index (χ4v) is 2.76. The quantitative estimate of drug-likeness (QED) is 0.852. The van der Waals surface area contributed by atoms with Crippen molar-refractivity contribution >= 4 is 0 Å². The highest BCUT2D eigenvalue weighted by atomic mass is 16.3. The average molecular weight is 236 g/mol. The molecule has 2 rings (SSSR count). The zero-order valence-electron chi connectivity index (χ0n) is 11.0. The summed E-state index contributed by atoms with van der Waals surface area (Å²) in [4.78, 5) is 2.59. The second-order valence-electron chi connectivity index (χ2n) is 4.93. The van der Waals surface area contributed by atoms with Crippen LogP contribution in [-0.2, 0) is 0 Å². The highest BCUT2D eigenvalue weighted by Gasteiger charge is 2.26. The van der Waals surface area contributed by atoms with Gasteiger partial charge >= 0.3 is 0 Å². The summed E-state index contributed by atoms with van der Waals surface area (Å²) in [7, 11) is 0. The Kier molecular flexibility index (Phi) is 4.63. The van der Waals surface area contributed by atoms with Crippen LogP contribution in [0.25, 0.3) is 0 Å². The number of nitrogens with one attached hydrogen (secondary N) is 1. The first-order chi connectivity index (χ1) is 8.33. The number of nitrogens with zero attached hydrogens (tertiary/aromatic N) is 1. The number of furan rings is 1.